The van der Waals surface area contributed by atoms with Gasteiger partial charge in [0.25, 0.3) is 0 Å². The summed E-state index contributed by atoms with van der Waals surface area (Å²) in [5, 5.41) is 12.4. The average molecular weight is 227 g/mol. The number of rotatable bonds is 8. The van der Waals surface area contributed by atoms with Gasteiger partial charge in [0, 0.05) is 19.8 Å². The fraction of sp³-hybridized carbons (Fsp3) is 0.667. The highest BCUT2D eigenvalue weighted by Crippen LogP contribution is 2.18. The molecule has 0 aromatic carbocycles. The second kappa shape index (κ2) is 7.44. The largest absolute Gasteiger partial charge is 0.468 e. The molecule has 2 unspecified atom stereocenters. The molecule has 0 saturated carbocycles. The maximum Gasteiger partial charge on any atom is 0.120 e. The highest BCUT2D eigenvalue weighted by Gasteiger charge is 2.17. The Bertz CT molecular complexity index is 255. The monoisotopic (exact) mass is 227 g/mol. The van der Waals surface area contributed by atoms with Crippen LogP contribution in [0.25, 0.3) is 0 Å². The lowest BCUT2D eigenvalue weighted by Gasteiger charge is -2.22. The molecule has 0 radical (unpaired) electrons. The van der Waals surface area contributed by atoms with Crippen LogP contribution in [-0.2, 0) is 4.74 Å². The van der Waals surface area contributed by atoms with E-state index in [4.69, 9.17) is 14.3 Å². The van der Waals surface area contributed by atoms with Crippen molar-refractivity contribution in [1.29, 1.82) is 0 Å². The molecule has 2 N–H and O–H groups in total. The number of aliphatic hydroxyl groups is 1. The van der Waals surface area contributed by atoms with Crippen LogP contribution in [0.4, 0.5) is 0 Å². The summed E-state index contributed by atoms with van der Waals surface area (Å²) in [5.74, 6) is 0.932. The summed E-state index contributed by atoms with van der Waals surface area (Å²) in [7, 11) is 1.67. The molecule has 0 aliphatic rings. The first-order chi connectivity index (χ1) is 7.81. The molecule has 1 aromatic heterocycles. The van der Waals surface area contributed by atoms with E-state index in [9.17, 15) is 0 Å². The van der Waals surface area contributed by atoms with E-state index in [0.717, 1.165) is 12.2 Å². The summed E-state index contributed by atoms with van der Waals surface area (Å²) in [5.41, 5.74) is 0. The van der Waals surface area contributed by atoms with Crippen molar-refractivity contribution in [3.8, 4) is 0 Å². The molecule has 4 heteroatoms. The van der Waals surface area contributed by atoms with E-state index in [1.54, 1.807) is 13.4 Å². The highest BCUT2D eigenvalue weighted by molar-refractivity contribution is 5.04. The first-order valence-electron chi connectivity index (χ1n) is 5.71. The standard InChI is InChI=1S/C12H21NO3/c1-3-11(12-5-4-8-16-12)13-10(6-7-14)9-15-2/h4-5,8,10-11,13-14H,3,6-7,9H2,1-2H3. The third-order valence-corrected chi connectivity index (χ3v) is 2.58. The lowest BCUT2D eigenvalue weighted by molar-refractivity contribution is 0.139. The molecule has 4 nitrogen and oxygen atoms in total. The Balaban J connectivity index is 2.53. The van der Waals surface area contributed by atoms with E-state index in [1.807, 2.05) is 12.1 Å². The maximum atomic E-state index is 8.96. The van der Waals surface area contributed by atoms with E-state index < -0.39 is 0 Å². The number of ether oxygens (including phenoxy) is 1. The Hall–Kier alpha value is -0.840. The van der Waals surface area contributed by atoms with E-state index >= 15 is 0 Å². The van der Waals surface area contributed by atoms with Gasteiger partial charge in [-0.2, -0.15) is 0 Å². The maximum absolute atomic E-state index is 8.96. The zero-order valence-electron chi connectivity index (χ0n) is 9.98. The first-order valence-corrected chi connectivity index (χ1v) is 5.71. The van der Waals surface area contributed by atoms with Crippen molar-refractivity contribution >= 4 is 0 Å². The van der Waals surface area contributed by atoms with E-state index in [0.29, 0.717) is 13.0 Å². The Morgan fingerprint density at radius 1 is 1.56 bits per heavy atom. The molecular formula is C12H21NO3. The summed E-state index contributed by atoms with van der Waals surface area (Å²) < 4.78 is 10.5. The molecule has 0 saturated heterocycles. The predicted molar refractivity (Wildman–Crippen MR) is 62.2 cm³/mol. The normalized spacial score (nSPS) is 14.9. The van der Waals surface area contributed by atoms with Crippen molar-refractivity contribution in [3.05, 3.63) is 24.2 Å². The Kier molecular flexibility index (Phi) is 6.15. The van der Waals surface area contributed by atoms with Crippen molar-refractivity contribution in [2.24, 2.45) is 0 Å². The van der Waals surface area contributed by atoms with Gasteiger partial charge in [-0.25, -0.2) is 0 Å². The van der Waals surface area contributed by atoms with Gasteiger partial charge >= 0.3 is 0 Å². The molecule has 1 heterocycles. The van der Waals surface area contributed by atoms with Gasteiger partial charge in [0.1, 0.15) is 5.76 Å². The molecule has 16 heavy (non-hydrogen) atoms. The molecule has 0 aliphatic carbocycles. The van der Waals surface area contributed by atoms with Crippen LogP contribution in [0.1, 0.15) is 31.6 Å². The van der Waals surface area contributed by atoms with Gasteiger partial charge in [-0.3, -0.25) is 0 Å². The number of nitrogens with one attached hydrogen (secondary N) is 1. The smallest absolute Gasteiger partial charge is 0.120 e. The summed E-state index contributed by atoms with van der Waals surface area (Å²) in [6.45, 7) is 2.86. The van der Waals surface area contributed by atoms with Crippen LogP contribution in [0.2, 0.25) is 0 Å². The van der Waals surface area contributed by atoms with Crippen molar-refractivity contribution in [1.82, 2.24) is 5.32 Å². The number of aliphatic hydroxyl groups excluding tert-OH is 1. The number of methoxy groups -OCH3 is 1. The third-order valence-electron chi connectivity index (χ3n) is 2.58. The summed E-state index contributed by atoms with van der Waals surface area (Å²) in [6.07, 6.45) is 3.31. The van der Waals surface area contributed by atoms with Crippen LogP contribution >= 0.6 is 0 Å². The van der Waals surface area contributed by atoms with Crippen LogP contribution in [0, 0.1) is 0 Å². The van der Waals surface area contributed by atoms with Gasteiger partial charge in [0.05, 0.1) is 18.9 Å². The molecule has 0 amide bonds. The zero-order chi connectivity index (χ0) is 11.8. The summed E-state index contributed by atoms with van der Waals surface area (Å²) in [6, 6.07) is 4.19. The number of hydrogen-bond acceptors (Lipinski definition) is 4. The molecule has 0 aliphatic heterocycles. The van der Waals surface area contributed by atoms with Gasteiger partial charge in [-0.1, -0.05) is 6.92 Å². The molecule has 2 atom stereocenters. The third kappa shape index (κ3) is 3.96. The molecule has 1 aromatic rings. The minimum atomic E-state index is 0.157. The average Bonchev–Trinajstić information content (AvgIpc) is 2.79. The van der Waals surface area contributed by atoms with Crippen molar-refractivity contribution in [2.75, 3.05) is 20.3 Å². The SMILES string of the molecule is CCC(NC(CCO)COC)c1ccco1. The molecule has 0 bridgehead atoms. The topological polar surface area (TPSA) is 54.6 Å². The van der Waals surface area contributed by atoms with Gasteiger partial charge in [0.2, 0.25) is 0 Å². The van der Waals surface area contributed by atoms with E-state index in [1.165, 1.54) is 0 Å². The van der Waals surface area contributed by atoms with Crippen LogP contribution < -0.4 is 5.32 Å². The lowest BCUT2D eigenvalue weighted by Crippen LogP contribution is -2.36. The molecule has 0 fully saturated rings. The van der Waals surface area contributed by atoms with Crippen LogP contribution in [0.15, 0.2) is 22.8 Å². The van der Waals surface area contributed by atoms with Crippen LogP contribution in [0.5, 0.6) is 0 Å². The Morgan fingerprint density at radius 2 is 2.38 bits per heavy atom. The summed E-state index contributed by atoms with van der Waals surface area (Å²) >= 11 is 0. The molecule has 92 valence electrons. The number of hydrogen-bond donors (Lipinski definition) is 2. The van der Waals surface area contributed by atoms with Crippen LogP contribution in [-0.4, -0.2) is 31.5 Å². The predicted octanol–water partition coefficient (Wildman–Crippen LogP) is 1.72. The minimum Gasteiger partial charge on any atom is -0.468 e. The first kappa shape index (κ1) is 13.2. The summed E-state index contributed by atoms with van der Waals surface area (Å²) in [4.78, 5) is 0. The second-order valence-electron chi connectivity index (χ2n) is 3.81. The fourth-order valence-electron chi connectivity index (χ4n) is 1.75. The zero-order valence-corrected chi connectivity index (χ0v) is 9.98. The van der Waals surface area contributed by atoms with Crippen molar-refractivity contribution in [2.45, 2.75) is 31.8 Å². The van der Waals surface area contributed by atoms with Gasteiger partial charge < -0.3 is 19.6 Å². The van der Waals surface area contributed by atoms with Gasteiger partial charge in [0.15, 0.2) is 0 Å². The van der Waals surface area contributed by atoms with Crippen molar-refractivity contribution < 1.29 is 14.3 Å². The van der Waals surface area contributed by atoms with E-state index in [2.05, 4.69) is 12.2 Å². The lowest BCUT2D eigenvalue weighted by atomic mass is 10.1. The van der Waals surface area contributed by atoms with Gasteiger partial charge in [-0.15, -0.1) is 0 Å². The van der Waals surface area contributed by atoms with Gasteiger partial charge in [-0.05, 0) is 25.0 Å². The minimum absolute atomic E-state index is 0.157. The second-order valence-corrected chi connectivity index (χ2v) is 3.81. The quantitative estimate of drug-likeness (QED) is 0.710. The Labute approximate surface area is 96.6 Å². The van der Waals surface area contributed by atoms with E-state index in [-0.39, 0.29) is 18.7 Å². The fourth-order valence-corrected chi connectivity index (χ4v) is 1.75. The van der Waals surface area contributed by atoms with Crippen molar-refractivity contribution in [3.63, 3.8) is 0 Å². The number of furan rings is 1. The van der Waals surface area contributed by atoms with Crippen LogP contribution in [0.3, 0.4) is 0 Å². The Morgan fingerprint density at radius 3 is 2.88 bits per heavy atom. The molecule has 1 rings (SSSR count). The molecular weight excluding hydrogens is 206 g/mol. The highest BCUT2D eigenvalue weighted by atomic mass is 16.5. The molecule has 0 spiro atoms.